The highest BCUT2D eigenvalue weighted by atomic mass is 16.2. The summed E-state index contributed by atoms with van der Waals surface area (Å²) in [5.41, 5.74) is 1.52. The van der Waals surface area contributed by atoms with Crippen LogP contribution in [-0.4, -0.2) is 42.0 Å². The third-order valence-corrected chi connectivity index (χ3v) is 3.63. The van der Waals surface area contributed by atoms with Gasteiger partial charge in [-0.05, 0) is 17.7 Å². The molecule has 1 aliphatic rings. The number of H-pyrrole nitrogens is 1. The second-order valence-electron chi connectivity index (χ2n) is 5.02. The SMILES string of the molecule is O=C(c1ccc(-c2ccccc2)[nH]c1=O)N1CCNCC1. The van der Waals surface area contributed by atoms with E-state index < -0.39 is 0 Å². The van der Waals surface area contributed by atoms with Gasteiger partial charge >= 0.3 is 0 Å². The zero-order valence-electron chi connectivity index (χ0n) is 11.6. The fraction of sp³-hybridized carbons (Fsp3) is 0.250. The summed E-state index contributed by atoms with van der Waals surface area (Å²) in [7, 11) is 0. The molecular formula is C16H17N3O2. The number of carbonyl (C=O) groups excluding carboxylic acids is 1. The van der Waals surface area contributed by atoms with Crippen LogP contribution in [0.3, 0.4) is 0 Å². The Balaban J connectivity index is 1.88. The minimum atomic E-state index is -0.333. The quantitative estimate of drug-likeness (QED) is 0.867. The van der Waals surface area contributed by atoms with E-state index >= 15 is 0 Å². The van der Waals surface area contributed by atoms with Crippen LogP contribution in [0.15, 0.2) is 47.3 Å². The van der Waals surface area contributed by atoms with E-state index in [9.17, 15) is 9.59 Å². The van der Waals surface area contributed by atoms with Gasteiger partial charge in [0, 0.05) is 31.9 Å². The van der Waals surface area contributed by atoms with Crippen LogP contribution >= 0.6 is 0 Å². The summed E-state index contributed by atoms with van der Waals surface area (Å²) in [6.45, 7) is 2.81. The minimum absolute atomic E-state index is 0.197. The normalized spacial score (nSPS) is 15.0. The Hall–Kier alpha value is -2.40. The number of aromatic amines is 1. The Kier molecular flexibility index (Phi) is 3.83. The lowest BCUT2D eigenvalue weighted by Gasteiger charge is -2.27. The van der Waals surface area contributed by atoms with E-state index in [0.29, 0.717) is 13.1 Å². The Labute approximate surface area is 122 Å². The summed E-state index contributed by atoms with van der Waals surface area (Å²) in [4.78, 5) is 29.0. The van der Waals surface area contributed by atoms with Gasteiger partial charge in [-0.25, -0.2) is 0 Å². The Bertz CT molecular complexity index is 688. The molecule has 0 radical (unpaired) electrons. The van der Waals surface area contributed by atoms with E-state index in [2.05, 4.69) is 10.3 Å². The van der Waals surface area contributed by atoms with Crippen molar-refractivity contribution in [3.8, 4) is 11.3 Å². The fourth-order valence-electron chi connectivity index (χ4n) is 2.47. The van der Waals surface area contributed by atoms with Crippen LogP contribution in [0.5, 0.6) is 0 Å². The van der Waals surface area contributed by atoms with Crippen molar-refractivity contribution in [1.29, 1.82) is 0 Å². The molecule has 2 heterocycles. The average molecular weight is 283 g/mol. The molecule has 108 valence electrons. The van der Waals surface area contributed by atoms with Gasteiger partial charge in [0.15, 0.2) is 0 Å². The monoisotopic (exact) mass is 283 g/mol. The molecule has 1 amide bonds. The molecule has 0 saturated carbocycles. The standard InChI is InChI=1S/C16H17N3O2/c20-15-13(16(21)19-10-8-17-9-11-19)6-7-14(18-15)12-4-2-1-3-5-12/h1-7,17H,8-11H2,(H,18,20). The predicted octanol–water partition coefficient (Wildman–Crippen LogP) is 1.09. The lowest BCUT2D eigenvalue weighted by Crippen LogP contribution is -2.47. The number of nitrogens with one attached hydrogen (secondary N) is 2. The number of benzene rings is 1. The first-order valence-electron chi connectivity index (χ1n) is 7.04. The summed E-state index contributed by atoms with van der Waals surface area (Å²) in [5.74, 6) is -0.197. The van der Waals surface area contributed by atoms with Gasteiger partial charge < -0.3 is 15.2 Å². The number of carbonyl (C=O) groups is 1. The molecule has 1 saturated heterocycles. The maximum Gasteiger partial charge on any atom is 0.261 e. The summed E-state index contributed by atoms with van der Waals surface area (Å²) in [6.07, 6.45) is 0. The largest absolute Gasteiger partial charge is 0.336 e. The molecular weight excluding hydrogens is 266 g/mol. The summed E-state index contributed by atoms with van der Waals surface area (Å²) >= 11 is 0. The van der Waals surface area contributed by atoms with Gasteiger partial charge in [-0.2, -0.15) is 0 Å². The van der Waals surface area contributed by atoms with Crippen molar-refractivity contribution >= 4 is 5.91 Å². The molecule has 1 fully saturated rings. The molecule has 1 aliphatic heterocycles. The smallest absolute Gasteiger partial charge is 0.261 e. The maximum absolute atomic E-state index is 12.3. The average Bonchev–Trinajstić information content (AvgIpc) is 2.56. The van der Waals surface area contributed by atoms with Crippen LogP contribution in [0.25, 0.3) is 11.3 Å². The second kappa shape index (κ2) is 5.93. The highest BCUT2D eigenvalue weighted by Crippen LogP contribution is 2.15. The van der Waals surface area contributed by atoms with Crippen molar-refractivity contribution in [3.05, 3.63) is 58.4 Å². The van der Waals surface area contributed by atoms with E-state index in [4.69, 9.17) is 0 Å². The summed E-state index contributed by atoms with van der Waals surface area (Å²) < 4.78 is 0. The first-order valence-corrected chi connectivity index (χ1v) is 7.04. The van der Waals surface area contributed by atoms with Gasteiger partial charge in [0.1, 0.15) is 5.56 Å². The molecule has 2 N–H and O–H groups in total. The van der Waals surface area contributed by atoms with E-state index in [0.717, 1.165) is 24.3 Å². The molecule has 0 unspecified atom stereocenters. The van der Waals surface area contributed by atoms with Crippen molar-refractivity contribution in [2.24, 2.45) is 0 Å². The lowest BCUT2D eigenvalue weighted by molar-refractivity contribution is 0.0734. The van der Waals surface area contributed by atoms with Crippen molar-refractivity contribution in [1.82, 2.24) is 15.2 Å². The molecule has 5 nitrogen and oxygen atoms in total. The molecule has 1 aromatic carbocycles. The number of hydrogen-bond acceptors (Lipinski definition) is 3. The Morgan fingerprint density at radius 3 is 2.38 bits per heavy atom. The molecule has 0 bridgehead atoms. The Morgan fingerprint density at radius 1 is 1.00 bits per heavy atom. The van der Waals surface area contributed by atoms with Crippen LogP contribution in [0.1, 0.15) is 10.4 Å². The van der Waals surface area contributed by atoms with Crippen LogP contribution in [-0.2, 0) is 0 Å². The highest BCUT2D eigenvalue weighted by Gasteiger charge is 2.20. The van der Waals surface area contributed by atoms with E-state index in [1.165, 1.54) is 0 Å². The van der Waals surface area contributed by atoms with E-state index in [1.807, 2.05) is 30.3 Å². The number of rotatable bonds is 2. The topological polar surface area (TPSA) is 65.2 Å². The first kappa shape index (κ1) is 13.6. The van der Waals surface area contributed by atoms with Crippen LogP contribution in [0.2, 0.25) is 0 Å². The molecule has 21 heavy (non-hydrogen) atoms. The lowest BCUT2D eigenvalue weighted by atomic mass is 10.1. The van der Waals surface area contributed by atoms with Crippen molar-refractivity contribution < 1.29 is 4.79 Å². The number of pyridine rings is 1. The molecule has 2 aromatic rings. The van der Waals surface area contributed by atoms with Gasteiger partial charge in [-0.3, -0.25) is 9.59 Å². The van der Waals surface area contributed by atoms with Gasteiger partial charge in [-0.15, -0.1) is 0 Å². The zero-order valence-corrected chi connectivity index (χ0v) is 11.6. The number of amides is 1. The fourth-order valence-corrected chi connectivity index (χ4v) is 2.47. The zero-order chi connectivity index (χ0) is 14.7. The van der Waals surface area contributed by atoms with Crippen molar-refractivity contribution in [3.63, 3.8) is 0 Å². The minimum Gasteiger partial charge on any atom is -0.336 e. The molecule has 0 spiro atoms. The number of aromatic nitrogens is 1. The Morgan fingerprint density at radius 2 is 1.71 bits per heavy atom. The highest BCUT2D eigenvalue weighted by molar-refractivity contribution is 5.94. The number of hydrogen-bond donors (Lipinski definition) is 2. The summed E-state index contributed by atoms with van der Waals surface area (Å²) in [6, 6.07) is 13.0. The molecule has 0 aliphatic carbocycles. The van der Waals surface area contributed by atoms with E-state index in [-0.39, 0.29) is 17.0 Å². The number of nitrogens with zero attached hydrogens (tertiary/aromatic N) is 1. The van der Waals surface area contributed by atoms with Crippen LogP contribution < -0.4 is 10.9 Å². The van der Waals surface area contributed by atoms with Gasteiger partial charge in [0.05, 0.1) is 0 Å². The molecule has 1 aromatic heterocycles. The van der Waals surface area contributed by atoms with Gasteiger partial charge in [0.25, 0.3) is 11.5 Å². The number of piperazine rings is 1. The molecule has 5 heteroatoms. The second-order valence-corrected chi connectivity index (χ2v) is 5.02. The molecule has 3 rings (SSSR count). The van der Waals surface area contributed by atoms with Crippen LogP contribution in [0.4, 0.5) is 0 Å². The van der Waals surface area contributed by atoms with E-state index in [1.54, 1.807) is 17.0 Å². The van der Waals surface area contributed by atoms with Gasteiger partial charge in [-0.1, -0.05) is 30.3 Å². The predicted molar refractivity (Wildman–Crippen MR) is 81.3 cm³/mol. The first-order chi connectivity index (χ1) is 10.3. The third kappa shape index (κ3) is 2.87. The third-order valence-electron chi connectivity index (χ3n) is 3.63. The van der Waals surface area contributed by atoms with Gasteiger partial charge in [0.2, 0.25) is 0 Å². The summed E-state index contributed by atoms with van der Waals surface area (Å²) in [5, 5.41) is 3.19. The van der Waals surface area contributed by atoms with Crippen molar-refractivity contribution in [2.45, 2.75) is 0 Å². The van der Waals surface area contributed by atoms with Crippen LogP contribution in [0, 0.1) is 0 Å². The maximum atomic E-state index is 12.3. The van der Waals surface area contributed by atoms with Crippen molar-refractivity contribution in [2.75, 3.05) is 26.2 Å². The molecule has 0 atom stereocenters.